The second-order valence-corrected chi connectivity index (χ2v) is 3.01. The molecule has 0 aliphatic carbocycles. The van der Waals surface area contributed by atoms with Crippen molar-refractivity contribution in [3.8, 4) is 0 Å². The van der Waals surface area contributed by atoms with E-state index in [0.29, 0.717) is 0 Å². The fraction of sp³-hybridized carbons (Fsp3) is 0.286. The summed E-state index contributed by atoms with van der Waals surface area (Å²) in [6.45, 7) is 2.15. The fourth-order valence-corrected chi connectivity index (χ4v) is 1.13. The molecule has 54 valence electrons. The van der Waals surface area contributed by atoms with Crippen LogP contribution in [0.2, 0.25) is 0 Å². The monoisotopic (exact) mass is 154 g/mol. The average molecular weight is 154 g/mol. The van der Waals surface area contributed by atoms with Gasteiger partial charge in [0.2, 0.25) is 0 Å². The molecule has 3 heteroatoms. The second-order valence-electron chi connectivity index (χ2n) is 1.93. The Labute approximate surface area is 62.8 Å². The standard InChI is InChI=1S/C7H11N2P/c1-8-7-4-3-6(10-2)5-9-7/h3-5,10H,1-2H3,(H,8,9). The smallest absolute Gasteiger partial charge is 0.125 e. The molecule has 0 spiro atoms. The average Bonchev–Trinajstić information content (AvgIpc) is 2.05. The van der Waals surface area contributed by atoms with Crippen LogP contribution in [0, 0.1) is 0 Å². The van der Waals surface area contributed by atoms with Gasteiger partial charge < -0.3 is 5.32 Å². The van der Waals surface area contributed by atoms with Crippen LogP contribution in [0.25, 0.3) is 0 Å². The normalized spacial score (nSPS) is 10.6. The summed E-state index contributed by atoms with van der Waals surface area (Å²) in [5.74, 6) is 0.932. The second kappa shape index (κ2) is 3.52. The molecule has 0 aromatic carbocycles. The lowest BCUT2D eigenvalue weighted by molar-refractivity contribution is 1.30. The summed E-state index contributed by atoms with van der Waals surface area (Å²) in [4.78, 5) is 4.16. The number of aromatic nitrogens is 1. The minimum absolute atomic E-state index is 0.838. The minimum atomic E-state index is 0.838. The van der Waals surface area contributed by atoms with Crippen LogP contribution in [-0.4, -0.2) is 18.7 Å². The number of nitrogens with zero attached hydrogens (tertiary/aromatic N) is 1. The maximum Gasteiger partial charge on any atom is 0.125 e. The van der Waals surface area contributed by atoms with Crippen molar-refractivity contribution in [3.05, 3.63) is 18.3 Å². The van der Waals surface area contributed by atoms with Gasteiger partial charge in [-0.25, -0.2) is 4.98 Å². The lowest BCUT2D eigenvalue weighted by atomic mass is 10.5. The summed E-state index contributed by atoms with van der Waals surface area (Å²) < 4.78 is 0. The van der Waals surface area contributed by atoms with Gasteiger partial charge in [0, 0.05) is 13.2 Å². The molecule has 1 aromatic rings. The number of pyridine rings is 1. The van der Waals surface area contributed by atoms with Gasteiger partial charge in [-0.1, -0.05) is 8.58 Å². The van der Waals surface area contributed by atoms with Crippen molar-refractivity contribution >= 4 is 19.7 Å². The van der Waals surface area contributed by atoms with E-state index in [1.807, 2.05) is 19.3 Å². The van der Waals surface area contributed by atoms with Gasteiger partial charge in [-0.05, 0) is 24.1 Å². The highest BCUT2D eigenvalue weighted by Gasteiger charge is 1.88. The summed E-state index contributed by atoms with van der Waals surface area (Å²) in [7, 11) is 2.71. The van der Waals surface area contributed by atoms with Crippen molar-refractivity contribution in [2.75, 3.05) is 19.0 Å². The molecule has 1 rings (SSSR count). The van der Waals surface area contributed by atoms with Crippen LogP contribution in [0.15, 0.2) is 18.3 Å². The Morgan fingerprint density at radius 1 is 1.50 bits per heavy atom. The van der Waals surface area contributed by atoms with E-state index in [4.69, 9.17) is 0 Å². The fourth-order valence-electron chi connectivity index (χ4n) is 0.690. The van der Waals surface area contributed by atoms with E-state index in [1.165, 1.54) is 5.30 Å². The van der Waals surface area contributed by atoms with Crippen molar-refractivity contribution < 1.29 is 0 Å². The van der Waals surface area contributed by atoms with Crippen LogP contribution in [0.3, 0.4) is 0 Å². The Morgan fingerprint density at radius 2 is 2.30 bits per heavy atom. The zero-order valence-electron chi connectivity index (χ0n) is 6.18. The lowest BCUT2D eigenvalue weighted by Gasteiger charge is -1.98. The SMILES string of the molecule is CNc1ccc(PC)cn1. The molecule has 0 radical (unpaired) electrons. The maximum atomic E-state index is 4.16. The molecule has 1 aromatic heterocycles. The van der Waals surface area contributed by atoms with Crippen LogP contribution in [0.1, 0.15) is 0 Å². The summed E-state index contributed by atoms with van der Waals surface area (Å²) in [6, 6.07) is 4.09. The van der Waals surface area contributed by atoms with E-state index in [-0.39, 0.29) is 0 Å². The molecular weight excluding hydrogens is 143 g/mol. The molecule has 1 heterocycles. The first-order chi connectivity index (χ1) is 4.86. The van der Waals surface area contributed by atoms with Crippen molar-refractivity contribution in [1.82, 2.24) is 4.98 Å². The molecule has 1 unspecified atom stereocenters. The van der Waals surface area contributed by atoms with Crippen molar-refractivity contribution in [2.45, 2.75) is 0 Å². The van der Waals surface area contributed by atoms with Gasteiger partial charge in [0.15, 0.2) is 0 Å². The van der Waals surface area contributed by atoms with Gasteiger partial charge in [-0.3, -0.25) is 0 Å². The topological polar surface area (TPSA) is 24.9 Å². The van der Waals surface area contributed by atoms with E-state index in [2.05, 4.69) is 23.0 Å². The van der Waals surface area contributed by atoms with E-state index >= 15 is 0 Å². The van der Waals surface area contributed by atoms with Crippen molar-refractivity contribution in [1.29, 1.82) is 0 Å². The van der Waals surface area contributed by atoms with Crippen LogP contribution in [-0.2, 0) is 0 Å². The number of hydrogen-bond acceptors (Lipinski definition) is 2. The zero-order chi connectivity index (χ0) is 7.40. The van der Waals surface area contributed by atoms with E-state index in [1.54, 1.807) is 0 Å². The Bertz CT molecular complexity index is 172. The molecule has 1 N–H and O–H groups in total. The molecule has 0 aliphatic rings. The first kappa shape index (κ1) is 7.49. The third kappa shape index (κ3) is 1.68. The highest BCUT2D eigenvalue weighted by Crippen LogP contribution is 2.04. The molecule has 2 nitrogen and oxygen atoms in total. The van der Waals surface area contributed by atoms with Crippen LogP contribution in [0.5, 0.6) is 0 Å². The van der Waals surface area contributed by atoms with Crippen LogP contribution in [0.4, 0.5) is 5.82 Å². The van der Waals surface area contributed by atoms with Gasteiger partial charge in [0.1, 0.15) is 5.82 Å². The van der Waals surface area contributed by atoms with E-state index in [0.717, 1.165) is 14.4 Å². The third-order valence-electron chi connectivity index (χ3n) is 1.31. The van der Waals surface area contributed by atoms with Gasteiger partial charge in [0.25, 0.3) is 0 Å². The van der Waals surface area contributed by atoms with Gasteiger partial charge in [0.05, 0.1) is 0 Å². The van der Waals surface area contributed by atoms with Crippen LogP contribution < -0.4 is 10.6 Å². The number of rotatable bonds is 2. The minimum Gasteiger partial charge on any atom is -0.373 e. The Morgan fingerprint density at radius 3 is 2.70 bits per heavy atom. The molecule has 1 atom stereocenters. The predicted molar refractivity (Wildman–Crippen MR) is 47.7 cm³/mol. The number of hydrogen-bond donors (Lipinski definition) is 1. The van der Waals surface area contributed by atoms with Gasteiger partial charge >= 0.3 is 0 Å². The van der Waals surface area contributed by atoms with E-state index < -0.39 is 0 Å². The summed E-state index contributed by atoms with van der Waals surface area (Å²) in [5.41, 5.74) is 0. The maximum absolute atomic E-state index is 4.16. The Kier molecular flexibility index (Phi) is 2.64. The zero-order valence-corrected chi connectivity index (χ0v) is 7.18. The lowest BCUT2D eigenvalue weighted by Crippen LogP contribution is -1.97. The first-order valence-electron chi connectivity index (χ1n) is 3.18. The predicted octanol–water partition coefficient (Wildman–Crippen LogP) is 1.06. The highest BCUT2D eigenvalue weighted by molar-refractivity contribution is 7.46. The molecule has 0 fully saturated rings. The highest BCUT2D eigenvalue weighted by atomic mass is 31.1. The van der Waals surface area contributed by atoms with Gasteiger partial charge in [-0.2, -0.15) is 0 Å². The molecule has 10 heavy (non-hydrogen) atoms. The summed E-state index contributed by atoms with van der Waals surface area (Å²) in [6.07, 6.45) is 1.91. The summed E-state index contributed by atoms with van der Waals surface area (Å²) in [5, 5.41) is 4.27. The third-order valence-corrected chi connectivity index (χ3v) is 2.18. The van der Waals surface area contributed by atoms with Crippen LogP contribution >= 0.6 is 8.58 Å². The van der Waals surface area contributed by atoms with E-state index in [9.17, 15) is 0 Å². The Hall–Kier alpha value is -0.620. The van der Waals surface area contributed by atoms with Crippen molar-refractivity contribution in [2.24, 2.45) is 0 Å². The first-order valence-corrected chi connectivity index (χ1v) is 4.68. The number of anilines is 1. The molecular formula is C7H11N2P. The van der Waals surface area contributed by atoms with Crippen molar-refractivity contribution in [3.63, 3.8) is 0 Å². The molecule has 0 bridgehead atoms. The molecule has 0 amide bonds. The quantitative estimate of drug-likeness (QED) is 0.644. The molecule has 0 aliphatic heterocycles. The van der Waals surface area contributed by atoms with Gasteiger partial charge in [-0.15, -0.1) is 0 Å². The number of nitrogens with one attached hydrogen (secondary N) is 1. The molecule has 0 saturated carbocycles. The largest absolute Gasteiger partial charge is 0.373 e. The summed E-state index contributed by atoms with van der Waals surface area (Å²) >= 11 is 0. The Balaban J connectivity index is 2.80. The molecule has 0 saturated heterocycles.